The topological polar surface area (TPSA) is 49.8 Å². The van der Waals surface area contributed by atoms with Gasteiger partial charge in [-0.1, -0.05) is 0 Å². The van der Waals surface area contributed by atoms with Gasteiger partial charge in [-0.2, -0.15) is 0 Å². The van der Waals surface area contributed by atoms with Crippen LogP contribution < -0.4 is 10.6 Å². The van der Waals surface area contributed by atoms with E-state index < -0.39 is 0 Å². The molecule has 1 heterocycles. The van der Waals surface area contributed by atoms with Crippen LogP contribution in [0.4, 0.5) is 21.7 Å². The van der Waals surface area contributed by atoms with Crippen molar-refractivity contribution in [2.24, 2.45) is 0 Å². The smallest absolute Gasteiger partial charge is 0.136 e. The molecule has 0 radical (unpaired) electrons. The van der Waals surface area contributed by atoms with E-state index in [0.29, 0.717) is 16.1 Å². The second-order valence-corrected chi connectivity index (χ2v) is 4.54. The van der Waals surface area contributed by atoms with Crippen LogP contribution in [0.2, 0.25) is 0 Å². The molecule has 0 unspecified atom stereocenters. The predicted octanol–water partition coefficient (Wildman–Crippen LogP) is 3.47. The van der Waals surface area contributed by atoms with Crippen molar-refractivity contribution in [3.8, 4) is 0 Å². The fraction of sp³-hybridized carbons (Fsp3) is 0.167. The molecule has 0 atom stereocenters. The Bertz CT molecular complexity index is 574. The first-order chi connectivity index (χ1) is 8.58. The second kappa shape index (κ2) is 5.30. The van der Waals surface area contributed by atoms with Gasteiger partial charge in [-0.25, -0.2) is 14.4 Å². The summed E-state index contributed by atoms with van der Waals surface area (Å²) >= 11 is 3.30. The summed E-state index contributed by atoms with van der Waals surface area (Å²) in [6, 6.07) is 6.22. The molecule has 0 aliphatic carbocycles. The lowest BCUT2D eigenvalue weighted by Crippen LogP contribution is -2.01. The highest BCUT2D eigenvalue weighted by Crippen LogP contribution is 2.26. The Morgan fingerprint density at radius 1 is 1.17 bits per heavy atom. The summed E-state index contributed by atoms with van der Waals surface area (Å²) < 4.78 is 13.6. The van der Waals surface area contributed by atoms with Gasteiger partial charge in [-0.15, -0.1) is 0 Å². The number of hydrogen-bond acceptors (Lipinski definition) is 4. The van der Waals surface area contributed by atoms with E-state index in [2.05, 4.69) is 36.5 Å². The van der Waals surface area contributed by atoms with E-state index in [9.17, 15) is 4.39 Å². The molecule has 2 N–H and O–H groups in total. The number of nitrogens with one attached hydrogen (secondary N) is 2. The number of anilines is 3. The van der Waals surface area contributed by atoms with Crippen LogP contribution in [0, 0.1) is 12.7 Å². The number of halogens is 2. The summed E-state index contributed by atoms with van der Waals surface area (Å²) in [5.41, 5.74) is 0.747. The van der Waals surface area contributed by atoms with Gasteiger partial charge in [0.2, 0.25) is 0 Å². The number of rotatable bonds is 3. The van der Waals surface area contributed by atoms with Crippen molar-refractivity contribution in [1.29, 1.82) is 0 Å². The summed E-state index contributed by atoms with van der Waals surface area (Å²) in [4.78, 5) is 8.46. The average molecular weight is 311 g/mol. The Labute approximate surface area is 113 Å². The molecule has 94 valence electrons. The Kier molecular flexibility index (Phi) is 3.76. The van der Waals surface area contributed by atoms with E-state index in [1.54, 1.807) is 19.2 Å². The normalized spacial score (nSPS) is 10.2. The first kappa shape index (κ1) is 12.8. The van der Waals surface area contributed by atoms with Crippen LogP contribution in [0.15, 0.2) is 28.7 Å². The molecular weight excluding hydrogens is 299 g/mol. The lowest BCUT2D eigenvalue weighted by molar-refractivity contribution is 0.627. The van der Waals surface area contributed by atoms with Gasteiger partial charge in [-0.3, -0.25) is 0 Å². The standard InChI is InChI=1S/C12H12BrFN4/c1-7-16-11(15-2)6-12(17-7)18-10-4-3-8(14)5-9(10)13/h3-6H,1-2H3,(H2,15,16,17,18). The number of benzene rings is 1. The molecule has 0 saturated carbocycles. The molecule has 18 heavy (non-hydrogen) atoms. The zero-order valence-corrected chi connectivity index (χ0v) is 11.5. The van der Waals surface area contributed by atoms with Gasteiger partial charge in [0.1, 0.15) is 23.3 Å². The van der Waals surface area contributed by atoms with Gasteiger partial charge < -0.3 is 10.6 Å². The van der Waals surface area contributed by atoms with Gasteiger partial charge >= 0.3 is 0 Å². The molecule has 0 bridgehead atoms. The molecule has 1 aromatic carbocycles. The van der Waals surface area contributed by atoms with Crippen LogP contribution in [0.1, 0.15) is 5.82 Å². The number of aryl methyl sites for hydroxylation is 1. The van der Waals surface area contributed by atoms with E-state index in [-0.39, 0.29) is 5.82 Å². The highest BCUT2D eigenvalue weighted by atomic mass is 79.9. The van der Waals surface area contributed by atoms with Crippen LogP contribution in [0.25, 0.3) is 0 Å². The first-order valence-electron chi connectivity index (χ1n) is 5.34. The van der Waals surface area contributed by atoms with E-state index in [1.165, 1.54) is 12.1 Å². The fourth-order valence-corrected chi connectivity index (χ4v) is 1.94. The number of nitrogens with zero attached hydrogens (tertiary/aromatic N) is 2. The highest BCUT2D eigenvalue weighted by Gasteiger charge is 2.05. The molecule has 0 saturated heterocycles. The van der Waals surface area contributed by atoms with Gasteiger partial charge in [0.05, 0.1) is 5.69 Å². The third-order valence-electron chi connectivity index (χ3n) is 2.29. The third kappa shape index (κ3) is 2.95. The second-order valence-electron chi connectivity index (χ2n) is 3.68. The molecule has 0 aliphatic heterocycles. The predicted molar refractivity (Wildman–Crippen MR) is 73.7 cm³/mol. The lowest BCUT2D eigenvalue weighted by Gasteiger charge is -2.09. The van der Waals surface area contributed by atoms with Gasteiger partial charge in [-0.05, 0) is 41.1 Å². The number of aromatic nitrogens is 2. The Hall–Kier alpha value is -1.69. The highest BCUT2D eigenvalue weighted by molar-refractivity contribution is 9.10. The largest absolute Gasteiger partial charge is 0.373 e. The summed E-state index contributed by atoms with van der Waals surface area (Å²) in [6.45, 7) is 1.81. The Balaban J connectivity index is 2.30. The van der Waals surface area contributed by atoms with Crippen LogP contribution >= 0.6 is 15.9 Å². The van der Waals surface area contributed by atoms with Crippen molar-refractivity contribution in [1.82, 2.24) is 9.97 Å². The van der Waals surface area contributed by atoms with Crippen molar-refractivity contribution < 1.29 is 4.39 Å². The monoisotopic (exact) mass is 310 g/mol. The molecule has 2 rings (SSSR count). The molecular formula is C12H12BrFN4. The quantitative estimate of drug-likeness (QED) is 0.911. The SMILES string of the molecule is CNc1cc(Nc2ccc(F)cc2Br)nc(C)n1. The minimum Gasteiger partial charge on any atom is -0.373 e. The van der Waals surface area contributed by atoms with E-state index in [4.69, 9.17) is 0 Å². The average Bonchev–Trinajstić information content (AvgIpc) is 2.32. The van der Waals surface area contributed by atoms with E-state index in [1.807, 2.05) is 6.92 Å². The molecule has 6 heteroatoms. The first-order valence-corrected chi connectivity index (χ1v) is 6.13. The van der Waals surface area contributed by atoms with Crippen molar-refractivity contribution in [3.05, 3.63) is 40.4 Å². The van der Waals surface area contributed by atoms with Crippen LogP contribution in [-0.2, 0) is 0 Å². The van der Waals surface area contributed by atoms with Gasteiger partial charge in [0, 0.05) is 17.6 Å². The zero-order chi connectivity index (χ0) is 13.1. The summed E-state index contributed by atoms with van der Waals surface area (Å²) in [5.74, 6) is 1.74. The maximum atomic E-state index is 13.0. The molecule has 1 aromatic heterocycles. The van der Waals surface area contributed by atoms with Crippen LogP contribution in [-0.4, -0.2) is 17.0 Å². The van der Waals surface area contributed by atoms with E-state index >= 15 is 0 Å². The molecule has 0 amide bonds. The van der Waals surface area contributed by atoms with Gasteiger partial charge in [0.15, 0.2) is 0 Å². The van der Waals surface area contributed by atoms with Crippen LogP contribution in [0.5, 0.6) is 0 Å². The summed E-state index contributed by atoms with van der Waals surface area (Å²) in [7, 11) is 1.79. The van der Waals surface area contributed by atoms with E-state index in [0.717, 1.165) is 11.5 Å². The van der Waals surface area contributed by atoms with Crippen molar-refractivity contribution in [2.75, 3.05) is 17.7 Å². The zero-order valence-electron chi connectivity index (χ0n) is 9.96. The van der Waals surface area contributed by atoms with Crippen molar-refractivity contribution >= 4 is 33.3 Å². The molecule has 4 nitrogen and oxygen atoms in total. The molecule has 0 fully saturated rings. The fourth-order valence-electron chi connectivity index (χ4n) is 1.49. The molecule has 0 spiro atoms. The van der Waals surface area contributed by atoms with Crippen molar-refractivity contribution in [2.45, 2.75) is 6.92 Å². The Morgan fingerprint density at radius 3 is 2.56 bits per heavy atom. The minimum atomic E-state index is -0.290. The molecule has 0 aliphatic rings. The Morgan fingerprint density at radius 2 is 1.89 bits per heavy atom. The van der Waals surface area contributed by atoms with Gasteiger partial charge in [0.25, 0.3) is 0 Å². The maximum absolute atomic E-state index is 13.0. The lowest BCUT2D eigenvalue weighted by atomic mass is 10.3. The molecule has 2 aromatic rings. The third-order valence-corrected chi connectivity index (χ3v) is 2.94. The van der Waals surface area contributed by atoms with Crippen LogP contribution in [0.3, 0.4) is 0 Å². The number of hydrogen-bond donors (Lipinski definition) is 2. The summed E-state index contributed by atoms with van der Waals surface area (Å²) in [6.07, 6.45) is 0. The maximum Gasteiger partial charge on any atom is 0.136 e. The summed E-state index contributed by atoms with van der Waals surface area (Å²) in [5, 5.41) is 6.07. The van der Waals surface area contributed by atoms with Crippen molar-refractivity contribution in [3.63, 3.8) is 0 Å². The minimum absolute atomic E-state index is 0.290.